The van der Waals surface area contributed by atoms with Crippen molar-refractivity contribution >= 4 is 17.0 Å². The van der Waals surface area contributed by atoms with Crippen LogP contribution in [0.15, 0.2) is 40.3 Å². The van der Waals surface area contributed by atoms with Gasteiger partial charge in [0.05, 0.1) is 5.92 Å². The van der Waals surface area contributed by atoms with E-state index >= 15 is 0 Å². The predicted molar refractivity (Wildman–Crippen MR) is 89.0 cm³/mol. The highest BCUT2D eigenvalue weighted by molar-refractivity contribution is 5.88. The van der Waals surface area contributed by atoms with Crippen LogP contribution in [0, 0.1) is 5.92 Å². The van der Waals surface area contributed by atoms with Gasteiger partial charge < -0.3 is 9.32 Å². The fraction of sp³-hybridized carbons (Fsp3) is 0.474. The second-order valence-corrected chi connectivity index (χ2v) is 6.81. The molecule has 1 atom stereocenters. The van der Waals surface area contributed by atoms with Gasteiger partial charge in [-0.05, 0) is 50.7 Å². The third-order valence-corrected chi connectivity index (χ3v) is 4.97. The molecule has 0 unspecified atom stereocenters. The van der Waals surface area contributed by atoms with Crippen LogP contribution in [0.4, 0.5) is 0 Å². The number of aromatic nitrogens is 1. The minimum atomic E-state index is 0.148. The zero-order valence-corrected chi connectivity index (χ0v) is 13.5. The number of nitrogens with zero attached hydrogens (tertiary/aromatic N) is 2. The second kappa shape index (κ2) is 5.84. The van der Waals surface area contributed by atoms with Crippen LogP contribution in [0.1, 0.15) is 44.4 Å². The molecule has 0 radical (unpaired) electrons. The second-order valence-electron chi connectivity index (χ2n) is 6.81. The van der Waals surface area contributed by atoms with Gasteiger partial charge in [-0.2, -0.15) is 0 Å². The smallest absolute Gasteiger partial charge is 0.246 e. The minimum Gasteiger partial charge on any atom is -0.440 e. The molecule has 2 aromatic rings. The summed E-state index contributed by atoms with van der Waals surface area (Å²) in [4.78, 5) is 19.1. The molecule has 1 aromatic heterocycles. The maximum atomic E-state index is 12.5. The van der Waals surface area contributed by atoms with Crippen LogP contribution < -0.4 is 0 Å². The van der Waals surface area contributed by atoms with Crippen molar-refractivity contribution in [1.82, 2.24) is 9.88 Å². The lowest BCUT2D eigenvalue weighted by Gasteiger charge is -2.30. The van der Waals surface area contributed by atoms with E-state index in [4.69, 9.17) is 4.42 Å². The molecule has 0 spiro atoms. The minimum absolute atomic E-state index is 0.148. The van der Waals surface area contributed by atoms with Crippen molar-refractivity contribution in [3.05, 3.63) is 41.8 Å². The molecule has 2 fully saturated rings. The first-order valence-electron chi connectivity index (χ1n) is 8.53. The number of hydrogen-bond acceptors (Lipinski definition) is 3. The van der Waals surface area contributed by atoms with Crippen molar-refractivity contribution in [2.45, 2.75) is 38.5 Å². The molecule has 0 N–H and O–H groups in total. The van der Waals surface area contributed by atoms with E-state index < -0.39 is 0 Å². The Morgan fingerprint density at radius 2 is 2.13 bits per heavy atom. The summed E-state index contributed by atoms with van der Waals surface area (Å²) in [7, 11) is 0. The molecular formula is C19H22N2O2. The Morgan fingerprint density at radius 3 is 2.91 bits per heavy atom. The lowest BCUT2D eigenvalue weighted by atomic mass is 9.97. The SMILES string of the molecule is C/C(=C\C(=O)N1CCC[C@H](c2nc3ccccc3o2)C1)C1CC1. The predicted octanol–water partition coefficient (Wildman–Crippen LogP) is 3.89. The first-order chi connectivity index (χ1) is 11.2. The Kier molecular flexibility index (Phi) is 3.68. The van der Waals surface area contributed by atoms with E-state index in [2.05, 4.69) is 11.9 Å². The zero-order valence-electron chi connectivity index (χ0n) is 13.5. The van der Waals surface area contributed by atoms with Gasteiger partial charge in [0.25, 0.3) is 0 Å². The summed E-state index contributed by atoms with van der Waals surface area (Å²) >= 11 is 0. The number of oxazole rings is 1. The first-order valence-corrected chi connectivity index (χ1v) is 8.53. The zero-order chi connectivity index (χ0) is 15.8. The van der Waals surface area contributed by atoms with Gasteiger partial charge in [0.2, 0.25) is 5.91 Å². The van der Waals surface area contributed by atoms with Gasteiger partial charge >= 0.3 is 0 Å². The standard InChI is InChI=1S/C19H22N2O2/c1-13(14-8-9-14)11-18(22)21-10-4-5-15(12-21)19-20-16-6-2-3-7-17(16)23-19/h2-3,6-7,11,14-15H,4-5,8-10,12H2,1H3/b13-11+/t15-/m0/s1. The quantitative estimate of drug-likeness (QED) is 0.808. The van der Waals surface area contributed by atoms with Crippen molar-refractivity contribution in [2.75, 3.05) is 13.1 Å². The number of piperidine rings is 1. The number of likely N-dealkylation sites (tertiary alicyclic amines) is 1. The molecule has 1 aliphatic heterocycles. The van der Waals surface area contributed by atoms with Gasteiger partial charge in [-0.3, -0.25) is 4.79 Å². The van der Waals surface area contributed by atoms with Crippen LogP contribution in [0.2, 0.25) is 0 Å². The molecule has 4 heteroatoms. The maximum Gasteiger partial charge on any atom is 0.246 e. The third-order valence-electron chi connectivity index (χ3n) is 4.97. The normalized spacial score (nSPS) is 22.6. The molecule has 120 valence electrons. The van der Waals surface area contributed by atoms with Gasteiger partial charge in [-0.15, -0.1) is 0 Å². The van der Waals surface area contributed by atoms with Gasteiger partial charge in [-0.1, -0.05) is 17.7 Å². The lowest BCUT2D eigenvalue weighted by molar-refractivity contribution is -0.127. The highest BCUT2D eigenvalue weighted by atomic mass is 16.3. The molecule has 1 saturated carbocycles. The summed E-state index contributed by atoms with van der Waals surface area (Å²) in [5.41, 5.74) is 2.96. The Labute approximate surface area is 136 Å². The number of carbonyl (C=O) groups is 1. The van der Waals surface area contributed by atoms with Gasteiger partial charge in [0.1, 0.15) is 5.52 Å². The summed E-state index contributed by atoms with van der Waals surface area (Å²) in [5, 5.41) is 0. The number of carbonyl (C=O) groups excluding carboxylic acids is 1. The number of rotatable bonds is 3. The van der Waals surface area contributed by atoms with Crippen LogP contribution >= 0.6 is 0 Å². The summed E-state index contributed by atoms with van der Waals surface area (Å²) in [6, 6.07) is 7.84. The molecule has 1 aliphatic carbocycles. The van der Waals surface area contributed by atoms with E-state index in [0.717, 1.165) is 36.4 Å². The fourth-order valence-electron chi connectivity index (χ4n) is 3.39. The van der Waals surface area contributed by atoms with Crippen molar-refractivity contribution in [1.29, 1.82) is 0 Å². The number of hydrogen-bond donors (Lipinski definition) is 0. The molecule has 1 aromatic carbocycles. The van der Waals surface area contributed by atoms with Gasteiger partial charge in [-0.25, -0.2) is 4.98 Å². The summed E-state index contributed by atoms with van der Waals surface area (Å²) < 4.78 is 5.90. The summed E-state index contributed by atoms with van der Waals surface area (Å²) in [5.74, 6) is 1.77. The molecule has 4 nitrogen and oxygen atoms in total. The Balaban J connectivity index is 1.50. The molecule has 23 heavy (non-hydrogen) atoms. The molecular weight excluding hydrogens is 288 g/mol. The monoisotopic (exact) mass is 310 g/mol. The van der Waals surface area contributed by atoms with Crippen LogP contribution in [0.5, 0.6) is 0 Å². The van der Waals surface area contributed by atoms with Crippen LogP contribution in [-0.4, -0.2) is 28.9 Å². The van der Waals surface area contributed by atoms with Crippen molar-refractivity contribution in [3.8, 4) is 0 Å². The lowest BCUT2D eigenvalue weighted by Crippen LogP contribution is -2.38. The molecule has 4 rings (SSSR count). The van der Waals surface area contributed by atoms with Crippen molar-refractivity contribution < 1.29 is 9.21 Å². The van der Waals surface area contributed by atoms with E-state index in [9.17, 15) is 4.79 Å². The van der Waals surface area contributed by atoms with Crippen molar-refractivity contribution in [2.24, 2.45) is 5.92 Å². The summed E-state index contributed by atoms with van der Waals surface area (Å²) in [6.07, 6.45) is 6.35. The molecule has 1 amide bonds. The first kappa shape index (κ1) is 14.5. The number of amides is 1. The maximum absolute atomic E-state index is 12.5. The van der Waals surface area contributed by atoms with Gasteiger partial charge in [0, 0.05) is 19.2 Å². The Hall–Kier alpha value is -2.10. The van der Waals surface area contributed by atoms with Crippen LogP contribution in [0.3, 0.4) is 0 Å². The number of allylic oxidation sites excluding steroid dienone is 1. The fourth-order valence-corrected chi connectivity index (χ4v) is 3.39. The average molecular weight is 310 g/mol. The Bertz CT molecular complexity index is 725. The number of fused-ring (bicyclic) bond motifs is 1. The highest BCUT2D eigenvalue weighted by Crippen LogP contribution is 2.36. The van der Waals surface area contributed by atoms with Crippen molar-refractivity contribution in [3.63, 3.8) is 0 Å². The van der Waals surface area contributed by atoms with E-state index in [1.807, 2.05) is 35.2 Å². The average Bonchev–Trinajstić information content (AvgIpc) is 3.33. The Morgan fingerprint density at radius 1 is 1.30 bits per heavy atom. The summed E-state index contributed by atoms with van der Waals surface area (Å²) in [6.45, 7) is 3.63. The topological polar surface area (TPSA) is 46.3 Å². The van der Waals surface area contributed by atoms with E-state index in [1.54, 1.807) is 0 Å². The molecule has 2 aliphatic rings. The molecule has 1 saturated heterocycles. The number of para-hydroxylation sites is 2. The highest BCUT2D eigenvalue weighted by Gasteiger charge is 2.29. The largest absolute Gasteiger partial charge is 0.440 e. The van der Waals surface area contributed by atoms with Gasteiger partial charge in [0.15, 0.2) is 11.5 Å². The number of benzene rings is 1. The molecule has 0 bridgehead atoms. The van der Waals surface area contributed by atoms with E-state index in [1.165, 1.54) is 18.4 Å². The van der Waals surface area contributed by atoms with E-state index in [-0.39, 0.29) is 11.8 Å². The third kappa shape index (κ3) is 3.03. The molecule has 2 heterocycles. The van der Waals surface area contributed by atoms with Crippen LogP contribution in [-0.2, 0) is 4.79 Å². The van der Waals surface area contributed by atoms with E-state index in [0.29, 0.717) is 12.5 Å². The van der Waals surface area contributed by atoms with Crippen LogP contribution in [0.25, 0.3) is 11.1 Å².